The highest BCUT2D eigenvalue weighted by Gasteiger charge is 2.33. The van der Waals surface area contributed by atoms with E-state index in [4.69, 9.17) is 28.9 Å². The predicted octanol–water partition coefficient (Wildman–Crippen LogP) is 4.94. The number of benzene rings is 2. The first kappa shape index (κ1) is 29.7. The van der Waals surface area contributed by atoms with Gasteiger partial charge in [-0.25, -0.2) is 8.42 Å². The van der Waals surface area contributed by atoms with Crippen LogP contribution in [0.4, 0.5) is 13.2 Å². The summed E-state index contributed by atoms with van der Waals surface area (Å²) in [5.74, 6) is -0.855. The van der Waals surface area contributed by atoms with Crippen LogP contribution in [-0.4, -0.2) is 61.9 Å². The number of carbonyl (C=O) groups excluding carboxylic acids is 1. The van der Waals surface area contributed by atoms with E-state index in [-0.39, 0.29) is 12.5 Å². The van der Waals surface area contributed by atoms with Crippen molar-refractivity contribution in [2.75, 3.05) is 26.4 Å². The molecule has 0 radical (unpaired) electrons. The molecule has 6 nitrogen and oxygen atoms in total. The van der Waals surface area contributed by atoms with Crippen molar-refractivity contribution >= 4 is 38.9 Å². The van der Waals surface area contributed by atoms with Crippen molar-refractivity contribution in [3.8, 4) is 0 Å². The maximum atomic E-state index is 13.5. The van der Waals surface area contributed by atoms with E-state index in [2.05, 4.69) is 0 Å². The van der Waals surface area contributed by atoms with Crippen molar-refractivity contribution in [1.82, 2.24) is 9.80 Å². The van der Waals surface area contributed by atoms with Crippen LogP contribution in [-0.2, 0) is 27.4 Å². The Morgan fingerprint density at radius 1 is 1.16 bits per heavy atom. The number of nitrogens with zero attached hydrogens (tertiary/aromatic N) is 2. The fourth-order valence-corrected chi connectivity index (χ4v) is 5.94. The van der Waals surface area contributed by atoms with Crippen molar-refractivity contribution in [2.24, 2.45) is 5.73 Å². The van der Waals surface area contributed by atoms with Gasteiger partial charge >= 0.3 is 6.18 Å². The highest BCUT2D eigenvalue weighted by atomic mass is 35.5. The predicted molar refractivity (Wildman–Crippen MR) is 139 cm³/mol. The molecule has 3 rings (SSSR count). The minimum absolute atomic E-state index is 0.119. The van der Waals surface area contributed by atoms with Crippen molar-refractivity contribution < 1.29 is 26.4 Å². The van der Waals surface area contributed by atoms with E-state index in [9.17, 15) is 26.4 Å². The maximum absolute atomic E-state index is 13.5. The number of hydrogen-bond donors (Lipinski definition) is 1. The molecule has 2 aromatic rings. The molecule has 2 N–H and O–H groups in total. The number of alkyl halides is 3. The van der Waals surface area contributed by atoms with Crippen LogP contribution in [0.1, 0.15) is 41.9 Å². The lowest BCUT2D eigenvalue weighted by Gasteiger charge is -2.37. The second kappa shape index (κ2) is 11.9. The molecular weight excluding hydrogens is 550 g/mol. The third-order valence-corrected chi connectivity index (χ3v) is 9.12. The number of amides is 1. The molecule has 0 aliphatic carbocycles. The zero-order valence-electron chi connectivity index (χ0n) is 20.5. The van der Waals surface area contributed by atoms with Crippen LogP contribution in [0.3, 0.4) is 0 Å². The maximum Gasteiger partial charge on any atom is 0.416 e. The second-order valence-corrected chi connectivity index (χ2v) is 12.6. The number of halogens is 5. The zero-order chi connectivity index (χ0) is 27.5. The number of hydrogen-bond acceptors (Lipinski definition) is 5. The van der Waals surface area contributed by atoms with E-state index in [0.717, 1.165) is 12.1 Å². The molecule has 204 valence electrons. The van der Waals surface area contributed by atoms with Gasteiger partial charge in [0, 0.05) is 32.9 Å². The van der Waals surface area contributed by atoms with Crippen molar-refractivity contribution in [3.05, 3.63) is 69.2 Å². The molecular formula is C25H30Cl2F3N3O3S. The van der Waals surface area contributed by atoms with Crippen LogP contribution < -0.4 is 5.73 Å². The molecule has 2 aromatic carbocycles. The first-order valence-electron chi connectivity index (χ1n) is 11.7. The molecule has 1 saturated heterocycles. The molecule has 12 heteroatoms. The fraction of sp³-hybridized carbons (Fsp3) is 0.480. The van der Waals surface area contributed by atoms with Crippen molar-refractivity contribution in [2.45, 2.75) is 49.3 Å². The highest BCUT2D eigenvalue weighted by molar-refractivity contribution is 7.91. The average Bonchev–Trinajstić information content (AvgIpc) is 2.81. The van der Waals surface area contributed by atoms with Gasteiger partial charge in [-0.05, 0) is 54.7 Å². The van der Waals surface area contributed by atoms with Gasteiger partial charge in [0.2, 0.25) is 5.91 Å². The van der Waals surface area contributed by atoms with Gasteiger partial charge in [0.25, 0.3) is 0 Å². The number of sulfone groups is 1. The first-order valence-corrected chi connectivity index (χ1v) is 14.4. The molecule has 0 spiro atoms. The number of likely N-dealkylation sites (N-methyl/N-ethyl adjacent to an activating group) is 1. The van der Waals surface area contributed by atoms with Gasteiger partial charge in [-0.2, -0.15) is 13.2 Å². The Morgan fingerprint density at radius 3 is 2.35 bits per heavy atom. The third-order valence-electron chi connectivity index (χ3n) is 6.74. The number of rotatable bonds is 8. The van der Waals surface area contributed by atoms with Crippen LogP contribution in [0, 0.1) is 0 Å². The summed E-state index contributed by atoms with van der Waals surface area (Å²) in [5, 5.41) is 0.161. The van der Waals surface area contributed by atoms with Crippen LogP contribution >= 0.6 is 23.2 Å². The Hall–Kier alpha value is -1.85. The monoisotopic (exact) mass is 579 g/mol. The summed E-state index contributed by atoms with van der Waals surface area (Å²) >= 11 is 12.3. The van der Waals surface area contributed by atoms with Crippen LogP contribution in [0.15, 0.2) is 42.5 Å². The molecule has 1 amide bonds. The lowest BCUT2D eigenvalue weighted by atomic mass is 9.93. The number of carbonyl (C=O) groups is 1. The zero-order valence-corrected chi connectivity index (χ0v) is 22.8. The molecule has 1 aliphatic rings. The Kier molecular flexibility index (Phi) is 9.56. The van der Waals surface area contributed by atoms with E-state index < -0.39 is 38.9 Å². The molecule has 1 aliphatic heterocycles. The minimum atomic E-state index is -4.43. The van der Waals surface area contributed by atoms with Gasteiger partial charge in [0.05, 0.1) is 32.9 Å². The van der Waals surface area contributed by atoms with Gasteiger partial charge in [-0.1, -0.05) is 41.4 Å². The highest BCUT2D eigenvalue weighted by Crippen LogP contribution is 2.32. The number of piperidine rings is 1. The van der Waals surface area contributed by atoms with Gasteiger partial charge in [0.15, 0.2) is 0 Å². The van der Waals surface area contributed by atoms with E-state index >= 15 is 0 Å². The second-order valence-electron chi connectivity index (χ2n) is 9.48. The Labute approximate surface area is 225 Å². The normalized spacial score (nSPS) is 20.0. The molecule has 3 atom stereocenters. The van der Waals surface area contributed by atoms with Crippen molar-refractivity contribution in [3.63, 3.8) is 0 Å². The molecule has 1 heterocycles. The SMILES string of the molecule is CN(Cc1ccc(C(F)(F)F)cc1)C(=O)C(CCN1CCC(S(C)(=O)=O)CC1N)c1ccc(Cl)c(Cl)c1. The summed E-state index contributed by atoms with van der Waals surface area (Å²) in [6.45, 7) is 1.05. The lowest BCUT2D eigenvalue weighted by molar-refractivity contribution is -0.137. The lowest BCUT2D eigenvalue weighted by Crippen LogP contribution is -2.51. The molecule has 0 aromatic heterocycles. The molecule has 1 fully saturated rings. The Morgan fingerprint density at radius 2 is 1.81 bits per heavy atom. The topological polar surface area (TPSA) is 83.7 Å². The summed E-state index contributed by atoms with van der Waals surface area (Å²) in [6.07, 6.45) is -2.51. The van der Waals surface area contributed by atoms with Crippen molar-refractivity contribution in [1.29, 1.82) is 0 Å². The summed E-state index contributed by atoms with van der Waals surface area (Å²) < 4.78 is 62.5. The first-order chi connectivity index (χ1) is 17.2. The summed E-state index contributed by atoms with van der Waals surface area (Å²) in [4.78, 5) is 17.0. The fourth-order valence-electron chi connectivity index (χ4n) is 4.55. The summed E-state index contributed by atoms with van der Waals surface area (Å²) in [5.41, 5.74) is 6.72. The Bertz CT molecular complexity index is 1210. The minimum Gasteiger partial charge on any atom is -0.341 e. The number of likely N-dealkylation sites (tertiary alicyclic amines) is 1. The number of nitrogens with two attached hydrogens (primary N) is 1. The van der Waals surface area contributed by atoms with E-state index in [0.29, 0.717) is 53.5 Å². The average molecular weight is 581 g/mol. The van der Waals surface area contributed by atoms with Gasteiger partial charge in [-0.15, -0.1) is 0 Å². The quantitative estimate of drug-likeness (QED) is 0.479. The molecule has 0 saturated carbocycles. The smallest absolute Gasteiger partial charge is 0.341 e. The van der Waals surface area contributed by atoms with Gasteiger partial charge < -0.3 is 10.6 Å². The van der Waals surface area contributed by atoms with E-state index in [1.807, 2.05) is 4.90 Å². The van der Waals surface area contributed by atoms with Gasteiger partial charge in [0.1, 0.15) is 9.84 Å². The largest absolute Gasteiger partial charge is 0.416 e. The third kappa shape index (κ3) is 7.83. The summed E-state index contributed by atoms with van der Waals surface area (Å²) in [7, 11) is -1.60. The molecule has 37 heavy (non-hydrogen) atoms. The van der Waals surface area contributed by atoms with Crippen LogP contribution in [0.2, 0.25) is 10.0 Å². The van der Waals surface area contributed by atoms with Crippen LogP contribution in [0.25, 0.3) is 0 Å². The molecule has 0 bridgehead atoms. The van der Waals surface area contributed by atoms with E-state index in [1.165, 1.54) is 23.3 Å². The summed E-state index contributed by atoms with van der Waals surface area (Å²) in [6, 6.07) is 9.65. The van der Waals surface area contributed by atoms with Gasteiger partial charge in [-0.3, -0.25) is 9.69 Å². The molecule has 3 unspecified atom stereocenters. The Balaban J connectivity index is 1.75. The van der Waals surface area contributed by atoms with E-state index in [1.54, 1.807) is 25.2 Å². The van der Waals surface area contributed by atoms with Crippen LogP contribution in [0.5, 0.6) is 0 Å². The standard InChI is InChI=1S/C25H30Cl2F3N3O3S/c1-32(15-16-3-6-18(7-4-16)25(28,29)30)24(34)20(17-5-8-21(26)22(27)13-17)10-12-33-11-9-19(14-23(33)31)37(2,35)36/h3-8,13,19-20,23H,9-12,14-15,31H2,1-2H3.